The Morgan fingerprint density at radius 1 is 1.50 bits per heavy atom. The van der Waals surface area contributed by atoms with Crippen LogP contribution in [0, 0.1) is 6.92 Å². The Morgan fingerprint density at radius 2 is 2.35 bits per heavy atom. The van der Waals surface area contributed by atoms with Crippen LogP contribution in [0.4, 0.5) is 5.69 Å². The van der Waals surface area contributed by atoms with Crippen LogP contribution in [0.3, 0.4) is 0 Å². The highest BCUT2D eigenvalue weighted by molar-refractivity contribution is 7.09. The maximum absolute atomic E-state index is 12.1. The first kappa shape index (κ1) is 12.8. The maximum Gasteiger partial charge on any atom is 0.251 e. The van der Waals surface area contributed by atoms with Crippen LogP contribution in [0.5, 0.6) is 0 Å². The van der Waals surface area contributed by atoms with Gasteiger partial charge in [-0.25, -0.2) is 4.98 Å². The minimum Gasteiger partial charge on any atom is -0.346 e. The molecule has 2 heterocycles. The maximum atomic E-state index is 12.1. The molecule has 20 heavy (non-hydrogen) atoms. The van der Waals surface area contributed by atoms with Crippen molar-refractivity contribution in [2.75, 3.05) is 5.32 Å². The zero-order valence-electron chi connectivity index (χ0n) is 10.9. The third-order valence-electron chi connectivity index (χ3n) is 3.06. The average molecular weight is 287 g/mol. The van der Waals surface area contributed by atoms with Crippen LogP contribution in [-0.4, -0.2) is 16.8 Å². The number of benzene rings is 1. The van der Waals surface area contributed by atoms with E-state index >= 15 is 0 Å². The minimum absolute atomic E-state index is 0.0316. The summed E-state index contributed by atoms with van der Waals surface area (Å²) in [6, 6.07) is 5.24. The quantitative estimate of drug-likeness (QED) is 0.905. The summed E-state index contributed by atoms with van der Waals surface area (Å²) in [5.41, 5.74) is 3.18. The van der Waals surface area contributed by atoms with Gasteiger partial charge in [-0.1, -0.05) is 0 Å². The number of hydrogen-bond donors (Lipinski definition) is 2. The summed E-state index contributed by atoms with van der Waals surface area (Å²) >= 11 is 1.53. The van der Waals surface area contributed by atoms with Gasteiger partial charge in [-0.15, -0.1) is 11.3 Å². The van der Waals surface area contributed by atoms with Crippen LogP contribution >= 0.6 is 11.3 Å². The fourth-order valence-electron chi connectivity index (χ4n) is 2.11. The molecule has 1 aromatic carbocycles. The summed E-state index contributed by atoms with van der Waals surface area (Å²) in [4.78, 5) is 27.6. The molecule has 0 bridgehead atoms. The molecule has 0 unspecified atom stereocenters. The van der Waals surface area contributed by atoms with Crippen molar-refractivity contribution in [2.24, 2.45) is 0 Å². The van der Waals surface area contributed by atoms with Gasteiger partial charge in [0.25, 0.3) is 5.91 Å². The molecule has 102 valence electrons. The number of rotatable bonds is 3. The van der Waals surface area contributed by atoms with E-state index in [1.165, 1.54) is 11.3 Å². The van der Waals surface area contributed by atoms with Gasteiger partial charge in [-0.3, -0.25) is 9.59 Å². The summed E-state index contributed by atoms with van der Waals surface area (Å²) in [5.74, 6) is -0.184. The monoisotopic (exact) mass is 287 g/mol. The Morgan fingerprint density at radius 3 is 3.10 bits per heavy atom. The van der Waals surface area contributed by atoms with Crippen LogP contribution in [-0.2, 0) is 17.8 Å². The lowest BCUT2D eigenvalue weighted by Gasteiger charge is -2.05. The van der Waals surface area contributed by atoms with Crippen molar-refractivity contribution in [1.82, 2.24) is 10.3 Å². The molecule has 2 N–H and O–H groups in total. The van der Waals surface area contributed by atoms with Gasteiger partial charge in [0.1, 0.15) is 5.01 Å². The fourth-order valence-corrected chi connectivity index (χ4v) is 2.82. The number of aromatic nitrogens is 1. The zero-order valence-corrected chi connectivity index (χ0v) is 11.7. The first-order chi connectivity index (χ1) is 9.61. The van der Waals surface area contributed by atoms with Crippen LogP contribution in [0.1, 0.15) is 26.6 Å². The minimum atomic E-state index is -0.153. The summed E-state index contributed by atoms with van der Waals surface area (Å²) in [6.07, 6.45) is 0.335. The summed E-state index contributed by atoms with van der Waals surface area (Å²) in [7, 11) is 0. The molecule has 0 fully saturated rings. The molecule has 0 radical (unpaired) electrons. The molecular weight excluding hydrogens is 274 g/mol. The van der Waals surface area contributed by atoms with Crippen LogP contribution in [0.25, 0.3) is 0 Å². The van der Waals surface area contributed by atoms with E-state index in [0.29, 0.717) is 18.5 Å². The molecule has 1 aliphatic heterocycles. The predicted octanol–water partition coefficient (Wildman–Crippen LogP) is 1.88. The van der Waals surface area contributed by atoms with E-state index in [1.54, 1.807) is 18.2 Å². The zero-order chi connectivity index (χ0) is 14.1. The number of anilines is 1. The van der Waals surface area contributed by atoms with Crippen molar-refractivity contribution >= 4 is 28.8 Å². The first-order valence-electron chi connectivity index (χ1n) is 6.24. The second-order valence-electron chi connectivity index (χ2n) is 4.66. The van der Waals surface area contributed by atoms with E-state index in [-0.39, 0.29) is 11.8 Å². The molecule has 1 aliphatic rings. The number of thiazole rings is 1. The number of nitrogens with one attached hydrogen (secondary N) is 2. The van der Waals surface area contributed by atoms with Crippen molar-refractivity contribution in [1.29, 1.82) is 0 Å². The van der Waals surface area contributed by atoms with Gasteiger partial charge in [0.15, 0.2) is 0 Å². The van der Waals surface area contributed by atoms with Crippen molar-refractivity contribution in [3.05, 3.63) is 45.4 Å². The molecule has 0 saturated heterocycles. The SMILES string of the molecule is Cc1csc(CNC(=O)c2ccc3c(c2)CC(=O)N3)n1. The topological polar surface area (TPSA) is 71.1 Å². The van der Waals surface area contributed by atoms with E-state index in [9.17, 15) is 9.59 Å². The molecule has 1 aromatic heterocycles. The molecule has 0 spiro atoms. The van der Waals surface area contributed by atoms with Gasteiger partial charge >= 0.3 is 0 Å². The Labute approximate surface area is 120 Å². The molecule has 3 rings (SSSR count). The smallest absolute Gasteiger partial charge is 0.251 e. The van der Waals surface area contributed by atoms with E-state index in [4.69, 9.17) is 0 Å². The Balaban J connectivity index is 1.69. The molecular formula is C14H13N3O2S. The van der Waals surface area contributed by atoms with Crippen molar-refractivity contribution in [3.63, 3.8) is 0 Å². The lowest BCUT2D eigenvalue weighted by atomic mass is 10.1. The van der Waals surface area contributed by atoms with Crippen molar-refractivity contribution < 1.29 is 9.59 Å². The van der Waals surface area contributed by atoms with Gasteiger partial charge in [-0.05, 0) is 30.7 Å². The molecule has 0 atom stereocenters. The van der Waals surface area contributed by atoms with E-state index in [1.807, 2.05) is 12.3 Å². The van der Waals surface area contributed by atoms with Crippen LogP contribution < -0.4 is 10.6 Å². The lowest BCUT2D eigenvalue weighted by molar-refractivity contribution is -0.115. The molecule has 2 amide bonds. The molecule has 0 aliphatic carbocycles. The van der Waals surface area contributed by atoms with Crippen molar-refractivity contribution in [2.45, 2.75) is 19.9 Å². The highest BCUT2D eigenvalue weighted by atomic mass is 32.1. The number of aryl methyl sites for hydroxylation is 1. The standard InChI is InChI=1S/C14H13N3O2S/c1-8-7-20-13(16-8)6-15-14(19)9-2-3-11-10(4-9)5-12(18)17-11/h2-4,7H,5-6H2,1H3,(H,15,19)(H,17,18). The third-order valence-corrected chi connectivity index (χ3v) is 4.03. The predicted molar refractivity (Wildman–Crippen MR) is 76.8 cm³/mol. The second-order valence-corrected chi connectivity index (χ2v) is 5.60. The fraction of sp³-hybridized carbons (Fsp3) is 0.214. The molecule has 0 saturated carbocycles. The lowest BCUT2D eigenvalue weighted by Crippen LogP contribution is -2.22. The number of hydrogen-bond acceptors (Lipinski definition) is 4. The third kappa shape index (κ3) is 2.55. The van der Waals surface area contributed by atoms with Gasteiger partial charge in [0.2, 0.25) is 5.91 Å². The van der Waals surface area contributed by atoms with E-state index < -0.39 is 0 Å². The highest BCUT2D eigenvalue weighted by Crippen LogP contribution is 2.23. The summed E-state index contributed by atoms with van der Waals surface area (Å²) in [5, 5.41) is 8.42. The van der Waals surface area contributed by atoms with Gasteiger partial charge in [0, 0.05) is 22.3 Å². The number of carbonyl (C=O) groups excluding carboxylic acids is 2. The number of carbonyl (C=O) groups is 2. The normalized spacial score (nSPS) is 12.9. The Kier molecular flexibility index (Phi) is 3.23. The van der Waals surface area contributed by atoms with Crippen molar-refractivity contribution in [3.8, 4) is 0 Å². The number of amides is 2. The average Bonchev–Trinajstić information content (AvgIpc) is 2.99. The summed E-state index contributed by atoms with van der Waals surface area (Å²) < 4.78 is 0. The Hall–Kier alpha value is -2.21. The summed E-state index contributed by atoms with van der Waals surface area (Å²) in [6.45, 7) is 2.35. The number of fused-ring (bicyclic) bond motifs is 1. The van der Waals surface area contributed by atoms with Gasteiger partial charge < -0.3 is 10.6 Å². The van der Waals surface area contributed by atoms with Crippen LogP contribution in [0.2, 0.25) is 0 Å². The van der Waals surface area contributed by atoms with Crippen LogP contribution in [0.15, 0.2) is 23.6 Å². The van der Waals surface area contributed by atoms with E-state index in [2.05, 4.69) is 15.6 Å². The first-order valence-corrected chi connectivity index (χ1v) is 7.12. The molecule has 5 nitrogen and oxygen atoms in total. The largest absolute Gasteiger partial charge is 0.346 e. The second kappa shape index (κ2) is 5.05. The highest BCUT2D eigenvalue weighted by Gasteiger charge is 2.19. The van der Waals surface area contributed by atoms with Gasteiger partial charge in [0.05, 0.1) is 13.0 Å². The molecule has 6 heteroatoms. The van der Waals surface area contributed by atoms with Gasteiger partial charge in [-0.2, -0.15) is 0 Å². The molecule has 2 aromatic rings. The van der Waals surface area contributed by atoms with E-state index in [0.717, 1.165) is 22.0 Å². The number of nitrogens with zero attached hydrogens (tertiary/aromatic N) is 1. The Bertz CT molecular complexity index is 693.